The Morgan fingerprint density at radius 2 is 1.52 bits per heavy atom. The zero-order valence-electron chi connectivity index (χ0n) is 18.1. The number of hydrogen-bond donors (Lipinski definition) is 1. The normalized spacial score (nSPS) is 13.8. The molecule has 0 aliphatic carbocycles. The van der Waals surface area contributed by atoms with Crippen LogP contribution in [0.5, 0.6) is 0 Å². The molecule has 0 bridgehead atoms. The summed E-state index contributed by atoms with van der Waals surface area (Å²) in [5, 5.41) is 14.3. The van der Waals surface area contributed by atoms with Crippen molar-refractivity contribution in [1.29, 1.82) is 0 Å². The van der Waals surface area contributed by atoms with Gasteiger partial charge < -0.3 is 15.1 Å². The lowest BCUT2D eigenvalue weighted by molar-refractivity contribution is 0.0947. The van der Waals surface area contributed by atoms with Gasteiger partial charge in [-0.2, -0.15) is 0 Å². The predicted molar refractivity (Wildman–Crippen MR) is 133 cm³/mol. The third-order valence-electron chi connectivity index (χ3n) is 5.93. The van der Waals surface area contributed by atoms with E-state index in [1.807, 2.05) is 72.8 Å². The van der Waals surface area contributed by atoms with Gasteiger partial charge >= 0.3 is 0 Å². The Kier molecular flexibility index (Phi) is 6.09. The molecule has 6 nitrogen and oxygen atoms in total. The molecule has 3 aromatic carbocycles. The van der Waals surface area contributed by atoms with E-state index in [1.54, 1.807) is 0 Å². The summed E-state index contributed by atoms with van der Waals surface area (Å²) in [5.74, 6) is 0.593. The highest BCUT2D eigenvalue weighted by atomic mass is 35.5. The van der Waals surface area contributed by atoms with Gasteiger partial charge in [-0.05, 0) is 23.8 Å². The Morgan fingerprint density at radius 3 is 2.27 bits per heavy atom. The summed E-state index contributed by atoms with van der Waals surface area (Å²) in [4.78, 5) is 17.5. The fraction of sp³-hybridized carbons (Fsp3) is 0.192. The average Bonchev–Trinajstić information content (AvgIpc) is 2.87. The second-order valence-corrected chi connectivity index (χ2v) is 8.48. The van der Waals surface area contributed by atoms with E-state index >= 15 is 0 Å². The zero-order chi connectivity index (χ0) is 22.6. The summed E-state index contributed by atoms with van der Waals surface area (Å²) in [7, 11) is 0. The van der Waals surface area contributed by atoms with Crippen molar-refractivity contribution in [3.05, 3.63) is 95.1 Å². The Labute approximate surface area is 197 Å². The number of amides is 1. The minimum absolute atomic E-state index is 0.222. The molecule has 1 aliphatic rings. The smallest absolute Gasteiger partial charge is 0.272 e. The minimum atomic E-state index is -0.222. The van der Waals surface area contributed by atoms with Crippen LogP contribution in [0.4, 0.5) is 11.5 Å². The van der Waals surface area contributed by atoms with Gasteiger partial charge in [-0.15, -0.1) is 10.2 Å². The van der Waals surface area contributed by atoms with Crippen molar-refractivity contribution in [3.63, 3.8) is 0 Å². The number of benzene rings is 3. The summed E-state index contributed by atoms with van der Waals surface area (Å²) >= 11 is 6.16. The summed E-state index contributed by atoms with van der Waals surface area (Å²) in [6, 6.07) is 25.6. The lowest BCUT2D eigenvalue weighted by Gasteiger charge is -2.37. The quantitative estimate of drug-likeness (QED) is 0.476. The number of aromatic nitrogens is 2. The molecule has 1 amide bonds. The largest absolute Gasteiger partial charge is 0.368 e. The highest BCUT2D eigenvalue weighted by Crippen LogP contribution is 2.28. The number of hydrogen-bond acceptors (Lipinski definition) is 5. The number of rotatable bonds is 5. The molecule has 2 heterocycles. The van der Waals surface area contributed by atoms with E-state index in [9.17, 15) is 4.79 Å². The standard InChI is InChI=1S/C26H24ClN5O/c27-20-9-6-10-21(17-20)31-13-15-32(16-14-31)25-23-12-5-4-11-22(23)24(29-30-25)26(33)28-18-19-7-2-1-3-8-19/h1-12,17H,13-16,18H2,(H,28,33). The first-order valence-corrected chi connectivity index (χ1v) is 11.4. The highest BCUT2D eigenvalue weighted by Gasteiger charge is 2.23. The van der Waals surface area contributed by atoms with Crippen molar-refractivity contribution in [2.45, 2.75) is 6.54 Å². The van der Waals surface area contributed by atoms with Gasteiger partial charge in [0.1, 0.15) is 0 Å². The molecule has 0 saturated carbocycles. The van der Waals surface area contributed by atoms with Crippen LogP contribution in [0, 0.1) is 0 Å². The van der Waals surface area contributed by atoms with Gasteiger partial charge in [-0.3, -0.25) is 4.79 Å². The molecule has 1 aromatic heterocycles. The number of carbonyl (C=O) groups is 1. The molecule has 5 rings (SSSR count). The van der Waals surface area contributed by atoms with Crippen LogP contribution in [0.15, 0.2) is 78.9 Å². The van der Waals surface area contributed by atoms with Crippen molar-refractivity contribution in [1.82, 2.24) is 15.5 Å². The maximum Gasteiger partial charge on any atom is 0.272 e. The molecule has 0 unspecified atom stereocenters. The first-order valence-electron chi connectivity index (χ1n) is 11.0. The number of halogens is 1. The van der Waals surface area contributed by atoms with Crippen molar-refractivity contribution >= 4 is 39.8 Å². The molecule has 1 aliphatic heterocycles. The van der Waals surface area contributed by atoms with Crippen LogP contribution >= 0.6 is 11.6 Å². The Bertz CT molecular complexity index is 1270. The van der Waals surface area contributed by atoms with Crippen LogP contribution in [0.1, 0.15) is 16.1 Å². The second kappa shape index (κ2) is 9.46. The van der Waals surface area contributed by atoms with Crippen LogP contribution in [-0.4, -0.2) is 42.3 Å². The molecule has 0 radical (unpaired) electrons. The van der Waals surface area contributed by atoms with E-state index in [0.29, 0.717) is 12.2 Å². The van der Waals surface area contributed by atoms with E-state index in [2.05, 4.69) is 31.4 Å². The molecule has 0 atom stereocenters. The number of piperazine rings is 1. The Balaban J connectivity index is 1.34. The van der Waals surface area contributed by atoms with Crippen LogP contribution in [0.25, 0.3) is 10.8 Å². The number of carbonyl (C=O) groups excluding carboxylic acids is 1. The number of nitrogens with one attached hydrogen (secondary N) is 1. The lowest BCUT2D eigenvalue weighted by atomic mass is 10.1. The van der Waals surface area contributed by atoms with Gasteiger partial charge in [-0.1, -0.05) is 72.3 Å². The molecule has 0 spiro atoms. The van der Waals surface area contributed by atoms with Gasteiger partial charge in [0.05, 0.1) is 0 Å². The van der Waals surface area contributed by atoms with Gasteiger partial charge in [0.25, 0.3) is 5.91 Å². The van der Waals surface area contributed by atoms with Crippen LogP contribution in [-0.2, 0) is 6.54 Å². The van der Waals surface area contributed by atoms with Gasteiger partial charge in [0.2, 0.25) is 0 Å². The zero-order valence-corrected chi connectivity index (χ0v) is 18.9. The van der Waals surface area contributed by atoms with Crippen molar-refractivity contribution in [2.75, 3.05) is 36.0 Å². The van der Waals surface area contributed by atoms with E-state index in [4.69, 9.17) is 11.6 Å². The molecule has 7 heteroatoms. The third kappa shape index (κ3) is 4.61. The molecular weight excluding hydrogens is 434 g/mol. The maximum atomic E-state index is 12.9. The molecule has 33 heavy (non-hydrogen) atoms. The SMILES string of the molecule is O=C(NCc1ccccc1)c1nnc(N2CCN(c3cccc(Cl)c3)CC2)c2ccccc12. The van der Waals surface area contributed by atoms with Crippen LogP contribution in [0.2, 0.25) is 5.02 Å². The molecule has 1 N–H and O–H groups in total. The number of nitrogens with zero attached hydrogens (tertiary/aromatic N) is 4. The van der Waals surface area contributed by atoms with Crippen molar-refractivity contribution in [2.24, 2.45) is 0 Å². The summed E-state index contributed by atoms with van der Waals surface area (Å²) < 4.78 is 0. The molecule has 1 fully saturated rings. The number of anilines is 2. The summed E-state index contributed by atoms with van der Waals surface area (Å²) in [6.07, 6.45) is 0. The minimum Gasteiger partial charge on any atom is -0.368 e. The molecule has 166 valence electrons. The van der Waals surface area contributed by atoms with Crippen molar-refractivity contribution < 1.29 is 4.79 Å². The van der Waals surface area contributed by atoms with E-state index < -0.39 is 0 Å². The second-order valence-electron chi connectivity index (χ2n) is 8.04. The van der Waals surface area contributed by atoms with Crippen LogP contribution < -0.4 is 15.1 Å². The van der Waals surface area contributed by atoms with E-state index in [-0.39, 0.29) is 5.91 Å². The number of fused-ring (bicyclic) bond motifs is 1. The average molecular weight is 458 g/mol. The summed E-state index contributed by atoms with van der Waals surface area (Å²) in [6.45, 7) is 3.78. The van der Waals surface area contributed by atoms with Gasteiger partial charge in [0, 0.05) is 54.2 Å². The molecular formula is C26H24ClN5O. The fourth-order valence-corrected chi connectivity index (χ4v) is 4.39. The molecule has 4 aromatic rings. The lowest BCUT2D eigenvalue weighted by Crippen LogP contribution is -2.47. The summed E-state index contributed by atoms with van der Waals surface area (Å²) in [5.41, 5.74) is 2.52. The van der Waals surface area contributed by atoms with E-state index in [0.717, 1.165) is 59.0 Å². The predicted octanol–water partition coefficient (Wildman–Crippen LogP) is 4.54. The third-order valence-corrected chi connectivity index (χ3v) is 6.17. The fourth-order valence-electron chi connectivity index (χ4n) is 4.20. The van der Waals surface area contributed by atoms with Crippen LogP contribution in [0.3, 0.4) is 0 Å². The maximum absolute atomic E-state index is 12.9. The monoisotopic (exact) mass is 457 g/mol. The topological polar surface area (TPSA) is 61.4 Å². The Morgan fingerprint density at radius 1 is 0.818 bits per heavy atom. The van der Waals surface area contributed by atoms with Crippen molar-refractivity contribution in [3.8, 4) is 0 Å². The first-order chi connectivity index (χ1) is 16.2. The molecule has 1 saturated heterocycles. The Hall–Kier alpha value is -3.64. The van der Waals surface area contributed by atoms with Gasteiger partial charge in [-0.25, -0.2) is 0 Å². The highest BCUT2D eigenvalue weighted by molar-refractivity contribution is 6.30. The first kappa shape index (κ1) is 21.2. The van der Waals surface area contributed by atoms with E-state index in [1.165, 1.54) is 0 Å². The van der Waals surface area contributed by atoms with Gasteiger partial charge in [0.15, 0.2) is 11.5 Å².